The lowest BCUT2D eigenvalue weighted by atomic mass is 9.87. The Morgan fingerprint density at radius 3 is 2.71 bits per heavy atom. The highest BCUT2D eigenvalue weighted by molar-refractivity contribution is 7.89. The van der Waals surface area contributed by atoms with Crippen molar-refractivity contribution in [3.05, 3.63) is 23.8 Å². The molecule has 0 aliphatic carbocycles. The summed E-state index contributed by atoms with van der Waals surface area (Å²) in [7, 11) is -2.23. The Morgan fingerprint density at radius 2 is 2.12 bits per heavy atom. The van der Waals surface area contributed by atoms with Crippen LogP contribution in [0.2, 0.25) is 0 Å². The number of nitrogens with zero attached hydrogens (tertiary/aromatic N) is 1. The van der Waals surface area contributed by atoms with Gasteiger partial charge in [-0.3, -0.25) is 4.79 Å². The van der Waals surface area contributed by atoms with E-state index in [1.54, 1.807) is 0 Å². The van der Waals surface area contributed by atoms with Crippen molar-refractivity contribution in [3.63, 3.8) is 0 Å². The largest absolute Gasteiger partial charge is 0.496 e. The van der Waals surface area contributed by atoms with E-state index in [0.717, 1.165) is 25.9 Å². The average molecular weight is 376 g/mol. The molecule has 2 aliphatic rings. The Bertz CT molecular complexity index is 732. The topological polar surface area (TPSA) is 102 Å². The van der Waals surface area contributed by atoms with Crippen molar-refractivity contribution in [3.8, 4) is 5.75 Å². The van der Waals surface area contributed by atoms with E-state index >= 15 is 0 Å². The number of methoxy groups -OCH3 is 1. The van der Waals surface area contributed by atoms with E-state index in [9.17, 15) is 13.2 Å². The molecule has 9 heteroatoms. The second-order valence-corrected chi connectivity index (χ2v) is 8.18. The van der Waals surface area contributed by atoms with Crippen LogP contribution in [-0.4, -0.2) is 51.9 Å². The molecule has 7 nitrogen and oxygen atoms in total. The van der Waals surface area contributed by atoms with Crippen molar-refractivity contribution < 1.29 is 17.9 Å². The molecule has 1 spiro atoms. The molecule has 0 bridgehead atoms. The van der Waals surface area contributed by atoms with Crippen molar-refractivity contribution in [2.24, 2.45) is 11.1 Å². The maximum absolute atomic E-state index is 12.9. The molecule has 1 aromatic rings. The van der Waals surface area contributed by atoms with E-state index in [0.29, 0.717) is 13.1 Å². The fraction of sp³-hybridized carbons (Fsp3) is 0.533. The Hall–Kier alpha value is -1.35. The molecule has 0 aromatic heterocycles. The molecule has 24 heavy (non-hydrogen) atoms. The van der Waals surface area contributed by atoms with Crippen molar-refractivity contribution in [1.29, 1.82) is 0 Å². The van der Waals surface area contributed by atoms with Gasteiger partial charge in [0.15, 0.2) is 0 Å². The van der Waals surface area contributed by atoms with Crippen LogP contribution in [0.5, 0.6) is 5.75 Å². The number of carbonyl (C=O) groups is 1. The summed E-state index contributed by atoms with van der Waals surface area (Å²) < 4.78 is 32.3. The highest BCUT2D eigenvalue weighted by atomic mass is 35.5. The Balaban J connectivity index is 0.00000208. The van der Waals surface area contributed by atoms with Gasteiger partial charge in [0.05, 0.1) is 17.6 Å². The Labute approximate surface area is 148 Å². The number of carbonyl (C=O) groups excluding carboxylic acids is 1. The van der Waals surface area contributed by atoms with E-state index in [1.807, 2.05) is 0 Å². The molecule has 1 unspecified atom stereocenters. The summed E-state index contributed by atoms with van der Waals surface area (Å²) in [6.07, 6.45) is 1.85. The van der Waals surface area contributed by atoms with E-state index in [2.05, 4.69) is 5.32 Å². The van der Waals surface area contributed by atoms with E-state index in [4.69, 9.17) is 10.5 Å². The second-order valence-electron chi connectivity index (χ2n) is 6.24. The zero-order valence-electron chi connectivity index (χ0n) is 13.4. The summed E-state index contributed by atoms with van der Waals surface area (Å²) in [6, 6.07) is 4.23. The first-order chi connectivity index (χ1) is 10.9. The number of hydrogen-bond acceptors (Lipinski definition) is 5. The summed E-state index contributed by atoms with van der Waals surface area (Å²) in [5.41, 5.74) is 5.44. The van der Waals surface area contributed by atoms with Crippen LogP contribution in [0.1, 0.15) is 23.2 Å². The van der Waals surface area contributed by atoms with Gasteiger partial charge in [0.25, 0.3) is 5.91 Å². The van der Waals surface area contributed by atoms with Crippen molar-refractivity contribution in [2.45, 2.75) is 17.7 Å². The molecule has 0 radical (unpaired) electrons. The summed E-state index contributed by atoms with van der Waals surface area (Å²) in [6.45, 7) is 2.80. The predicted octanol–water partition coefficient (Wildman–Crippen LogP) is 0.590. The quantitative estimate of drug-likeness (QED) is 0.802. The fourth-order valence-electron chi connectivity index (χ4n) is 3.43. The molecule has 1 aromatic carbocycles. The fourth-order valence-corrected chi connectivity index (χ4v) is 5.01. The number of amides is 1. The summed E-state index contributed by atoms with van der Waals surface area (Å²) in [5, 5.41) is 3.31. The number of ether oxygens (including phenoxy) is 1. The van der Waals surface area contributed by atoms with Crippen LogP contribution in [0.15, 0.2) is 23.1 Å². The van der Waals surface area contributed by atoms with E-state index in [-0.39, 0.29) is 34.0 Å². The van der Waals surface area contributed by atoms with Gasteiger partial charge >= 0.3 is 0 Å². The molecule has 2 aliphatic heterocycles. The summed E-state index contributed by atoms with van der Waals surface area (Å²) >= 11 is 0. The van der Waals surface area contributed by atoms with Crippen LogP contribution in [0, 0.1) is 5.41 Å². The lowest BCUT2D eigenvalue weighted by Gasteiger charge is -2.22. The number of primary amides is 1. The second kappa shape index (κ2) is 6.87. The van der Waals surface area contributed by atoms with Crippen LogP contribution in [-0.2, 0) is 10.0 Å². The number of hydrogen-bond donors (Lipinski definition) is 2. The van der Waals surface area contributed by atoms with Gasteiger partial charge in [-0.25, -0.2) is 8.42 Å². The van der Waals surface area contributed by atoms with E-state index in [1.165, 1.54) is 29.6 Å². The average Bonchev–Trinajstić information content (AvgIpc) is 3.17. The zero-order valence-corrected chi connectivity index (χ0v) is 15.1. The third kappa shape index (κ3) is 3.23. The van der Waals surface area contributed by atoms with Gasteiger partial charge in [-0.15, -0.1) is 12.4 Å². The molecule has 2 heterocycles. The molecule has 2 fully saturated rings. The molecule has 1 atom stereocenters. The first kappa shape index (κ1) is 19.0. The standard InChI is InChI=1S/C15H21N3O4S.ClH/c1-22-13-3-2-11(8-12(13)14(16)19)23(20,21)18-7-5-15(10-18)4-6-17-9-15;/h2-3,8,17H,4-7,9-10H2,1H3,(H2,16,19);1H. The molecule has 1 amide bonds. The van der Waals surface area contributed by atoms with Crippen LogP contribution < -0.4 is 15.8 Å². The third-order valence-corrected chi connectivity index (χ3v) is 6.65. The van der Waals surface area contributed by atoms with Gasteiger partial charge < -0.3 is 15.8 Å². The molecule has 2 saturated heterocycles. The third-order valence-electron chi connectivity index (χ3n) is 4.81. The summed E-state index contributed by atoms with van der Waals surface area (Å²) in [4.78, 5) is 11.6. The smallest absolute Gasteiger partial charge is 0.252 e. The normalized spacial score (nSPS) is 24.0. The van der Waals surface area contributed by atoms with Crippen molar-refractivity contribution >= 4 is 28.3 Å². The van der Waals surface area contributed by atoms with Gasteiger partial charge in [0, 0.05) is 19.6 Å². The molecular weight excluding hydrogens is 354 g/mol. The molecule has 0 saturated carbocycles. The number of benzene rings is 1. The van der Waals surface area contributed by atoms with Gasteiger partial charge in [-0.05, 0) is 43.0 Å². The lowest BCUT2D eigenvalue weighted by Crippen LogP contribution is -2.33. The SMILES string of the molecule is COc1ccc(S(=O)(=O)N2CCC3(CCNC3)C2)cc1C(N)=O.Cl. The highest BCUT2D eigenvalue weighted by Gasteiger charge is 2.44. The first-order valence-electron chi connectivity index (χ1n) is 7.57. The zero-order chi connectivity index (χ0) is 16.7. The van der Waals surface area contributed by atoms with Crippen LogP contribution in [0.25, 0.3) is 0 Å². The maximum Gasteiger partial charge on any atom is 0.252 e. The maximum atomic E-state index is 12.9. The molecule has 3 N–H and O–H groups in total. The number of nitrogens with two attached hydrogens (primary N) is 1. The molecule has 134 valence electrons. The van der Waals surface area contributed by atoms with Crippen LogP contribution in [0.4, 0.5) is 0 Å². The minimum Gasteiger partial charge on any atom is -0.496 e. The van der Waals surface area contributed by atoms with E-state index < -0.39 is 15.9 Å². The number of halogens is 1. The highest BCUT2D eigenvalue weighted by Crippen LogP contribution is 2.38. The Morgan fingerprint density at radius 1 is 1.38 bits per heavy atom. The number of nitrogens with one attached hydrogen (secondary N) is 1. The van der Waals surface area contributed by atoms with Crippen LogP contribution in [0.3, 0.4) is 0 Å². The van der Waals surface area contributed by atoms with Crippen LogP contribution >= 0.6 is 12.4 Å². The van der Waals surface area contributed by atoms with Gasteiger partial charge in [0.2, 0.25) is 10.0 Å². The predicted molar refractivity (Wildman–Crippen MR) is 92.1 cm³/mol. The minimum atomic E-state index is -3.64. The van der Waals surface area contributed by atoms with Crippen molar-refractivity contribution in [1.82, 2.24) is 9.62 Å². The Kier molecular flexibility index (Phi) is 5.44. The lowest BCUT2D eigenvalue weighted by molar-refractivity contribution is 0.0997. The monoisotopic (exact) mass is 375 g/mol. The van der Waals surface area contributed by atoms with Gasteiger partial charge in [-0.2, -0.15) is 4.31 Å². The van der Waals surface area contributed by atoms with Crippen molar-refractivity contribution in [2.75, 3.05) is 33.3 Å². The number of sulfonamides is 1. The summed E-state index contributed by atoms with van der Waals surface area (Å²) in [5.74, 6) is -0.439. The minimum absolute atomic E-state index is 0. The molecular formula is C15H22ClN3O4S. The van der Waals surface area contributed by atoms with Gasteiger partial charge in [-0.1, -0.05) is 0 Å². The number of rotatable bonds is 4. The molecule has 3 rings (SSSR count). The first-order valence-corrected chi connectivity index (χ1v) is 9.01. The van der Waals surface area contributed by atoms with Gasteiger partial charge in [0.1, 0.15) is 5.75 Å².